The predicted octanol–water partition coefficient (Wildman–Crippen LogP) is 4.54. The van der Waals surface area contributed by atoms with Gasteiger partial charge in [-0.25, -0.2) is 0 Å². The zero-order valence-electron chi connectivity index (χ0n) is 15.1. The molecule has 0 heterocycles. The second-order valence-electron chi connectivity index (χ2n) is 7.07. The van der Waals surface area contributed by atoms with Crippen LogP contribution in [0.1, 0.15) is 51.9 Å². The number of allylic oxidation sites excluding steroid dienone is 7. The quantitative estimate of drug-likeness (QED) is 0.333. The lowest BCUT2D eigenvalue weighted by Crippen LogP contribution is -2.25. The summed E-state index contributed by atoms with van der Waals surface area (Å²) in [4.78, 5) is 36.6. The Labute approximate surface area is 150 Å². The van der Waals surface area contributed by atoms with Crippen LogP contribution in [0, 0.1) is 17.8 Å². The number of carbonyl (C=O) groups is 3. The predicted molar refractivity (Wildman–Crippen MR) is 100 cm³/mol. The lowest BCUT2D eigenvalue weighted by atomic mass is 9.80. The average molecular weight is 340 g/mol. The largest absolute Gasteiger partial charge is 0.303 e. The smallest absolute Gasteiger partial charge is 0.205 e. The molecule has 0 aromatic rings. The van der Waals surface area contributed by atoms with Gasteiger partial charge in [-0.2, -0.15) is 0 Å². The van der Waals surface area contributed by atoms with Crippen molar-refractivity contribution < 1.29 is 14.4 Å². The normalized spacial score (nSPS) is 20.2. The van der Waals surface area contributed by atoms with E-state index in [2.05, 4.69) is 12.7 Å². The number of rotatable bonds is 10. The number of ketones is 2. The van der Waals surface area contributed by atoms with Crippen molar-refractivity contribution in [3.05, 3.63) is 48.1 Å². The minimum atomic E-state index is -0.414. The maximum atomic E-state index is 12.6. The summed E-state index contributed by atoms with van der Waals surface area (Å²) in [6.45, 7) is 5.48. The second kappa shape index (κ2) is 9.45. The van der Waals surface area contributed by atoms with Crippen LogP contribution in [-0.2, 0) is 14.4 Å². The number of hydrogen-bond donors (Lipinski definition) is 0. The van der Waals surface area contributed by atoms with E-state index in [1.807, 2.05) is 18.2 Å². The summed E-state index contributed by atoms with van der Waals surface area (Å²) < 4.78 is 0. The van der Waals surface area contributed by atoms with Gasteiger partial charge in [0, 0.05) is 18.3 Å². The Hall–Kier alpha value is -2.03. The van der Waals surface area contributed by atoms with Crippen molar-refractivity contribution in [3.8, 4) is 0 Å². The molecule has 2 aliphatic rings. The van der Waals surface area contributed by atoms with Crippen molar-refractivity contribution >= 4 is 17.9 Å². The highest BCUT2D eigenvalue weighted by atomic mass is 16.2. The molecule has 3 heteroatoms. The second-order valence-corrected chi connectivity index (χ2v) is 7.07. The summed E-state index contributed by atoms with van der Waals surface area (Å²) in [7, 11) is 0. The minimum absolute atomic E-state index is 0.0495. The summed E-state index contributed by atoms with van der Waals surface area (Å²) in [5.74, 6) is -1.08. The number of aldehydes is 1. The van der Waals surface area contributed by atoms with Crippen LogP contribution < -0.4 is 0 Å². The standard InChI is InChI=1S/C22H28O3/c1-3-8-19(15-23)20(13-17-9-7-10-17)14-21(24)22(25)16(2)18-11-5-4-6-12-18/h3,5,11-13,15-17,19H,1,4,6-10,14H2,2H3/b20-13+. The monoisotopic (exact) mass is 340 g/mol. The number of hydrogen-bond acceptors (Lipinski definition) is 3. The molecule has 0 radical (unpaired) electrons. The molecular formula is C22H28O3. The van der Waals surface area contributed by atoms with E-state index in [0.29, 0.717) is 12.3 Å². The molecule has 2 rings (SSSR count). The molecule has 2 aliphatic carbocycles. The van der Waals surface area contributed by atoms with Gasteiger partial charge in [0.15, 0.2) is 0 Å². The SMILES string of the molecule is C=CCC(C=O)/C(=C/C1CCC1)CC(=O)C(=O)C(C)C1=CCCC=C1. The Morgan fingerprint density at radius 2 is 2.08 bits per heavy atom. The highest BCUT2D eigenvalue weighted by Gasteiger charge is 2.27. The van der Waals surface area contributed by atoms with Gasteiger partial charge in [0.1, 0.15) is 6.29 Å². The van der Waals surface area contributed by atoms with E-state index in [1.165, 1.54) is 6.42 Å². The molecular weight excluding hydrogens is 312 g/mol. The summed E-state index contributed by atoms with van der Waals surface area (Å²) in [5.41, 5.74) is 1.71. The summed E-state index contributed by atoms with van der Waals surface area (Å²) in [5, 5.41) is 0. The van der Waals surface area contributed by atoms with Crippen molar-refractivity contribution in [2.45, 2.75) is 51.9 Å². The van der Waals surface area contributed by atoms with E-state index >= 15 is 0 Å². The molecule has 0 spiro atoms. The van der Waals surface area contributed by atoms with Gasteiger partial charge in [-0.1, -0.05) is 49.3 Å². The molecule has 25 heavy (non-hydrogen) atoms. The maximum Gasteiger partial charge on any atom is 0.205 e. The molecule has 0 aliphatic heterocycles. The van der Waals surface area contributed by atoms with Crippen LogP contribution in [0.5, 0.6) is 0 Å². The van der Waals surface area contributed by atoms with E-state index in [1.54, 1.807) is 13.0 Å². The molecule has 0 saturated heterocycles. The summed E-state index contributed by atoms with van der Waals surface area (Å²) >= 11 is 0. The molecule has 1 saturated carbocycles. The van der Waals surface area contributed by atoms with Crippen LogP contribution in [0.2, 0.25) is 0 Å². The molecule has 134 valence electrons. The Balaban J connectivity index is 2.09. The van der Waals surface area contributed by atoms with E-state index in [-0.39, 0.29) is 18.1 Å². The topological polar surface area (TPSA) is 51.2 Å². The fourth-order valence-electron chi connectivity index (χ4n) is 3.32. The summed E-state index contributed by atoms with van der Waals surface area (Å²) in [6.07, 6.45) is 16.5. The van der Waals surface area contributed by atoms with Crippen molar-refractivity contribution in [3.63, 3.8) is 0 Å². The molecule has 2 atom stereocenters. The van der Waals surface area contributed by atoms with Crippen LogP contribution in [0.4, 0.5) is 0 Å². The number of carbonyl (C=O) groups excluding carboxylic acids is 3. The van der Waals surface area contributed by atoms with Crippen molar-refractivity contribution in [2.75, 3.05) is 0 Å². The highest BCUT2D eigenvalue weighted by Crippen LogP contribution is 2.32. The Morgan fingerprint density at radius 3 is 2.60 bits per heavy atom. The first-order valence-corrected chi connectivity index (χ1v) is 9.27. The third kappa shape index (κ3) is 5.22. The van der Waals surface area contributed by atoms with E-state index in [9.17, 15) is 14.4 Å². The third-order valence-electron chi connectivity index (χ3n) is 5.22. The van der Waals surface area contributed by atoms with Gasteiger partial charge in [0.2, 0.25) is 11.6 Å². The number of Topliss-reactive ketones (excluding diaryl/α,β-unsaturated/α-hetero) is 2. The van der Waals surface area contributed by atoms with Gasteiger partial charge in [-0.15, -0.1) is 6.58 Å². The van der Waals surface area contributed by atoms with Gasteiger partial charge in [0.05, 0.1) is 0 Å². The first kappa shape index (κ1) is 19.3. The molecule has 0 aromatic carbocycles. The van der Waals surface area contributed by atoms with E-state index in [0.717, 1.165) is 43.1 Å². The van der Waals surface area contributed by atoms with Gasteiger partial charge in [0.25, 0.3) is 0 Å². The minimum Gasteiger partial charge on any atom is -0.303 e. The average Bonchev–Trinajstić information content (AvgIpc) is 2.61. The lowest BCUT2D eigenvalue weighted by Gasteiger charge is -2.25. The van der Waals surface area contributed by atoms with Crippen LogP contribution in [0.25, 0.3) is 0 Å². The Bertz CT molecular complexity index is 617. The molecule has 0 N–H and O–H groups in total. The zero-order valence-corrected chi connectivity index (χ0v) is 15.1. The Morgan fingerprint density at radius 1 is 1.32 bits per heavy atom. The van der Waals surface area contributed by atoms with E-state index < -0.39 is 11.7 Å². The first-order chi connectivity index (χ1) is 12.1. The summed E-state index contributed by atoms with van der Waals surface area (Å²) in [6, 6.07) is 0. The fourth-order valence-corrected chi connectivity index (χ4v) is 3.32. The molecule has 0 bridgehead atoms. The van der Waals surface area contributed by atoms with Gasteiger partial charge < -0.3 is 4.79 Å². The van der Waals surface area contributed by atoms with Gasteiger partial charge >= 0.3 is 0 Å². The lowest BCUT2D eigenvalue weighted by molar-refractivity contribution is -0.137. The fraction of sp³-hybridized carbons (Fsp3) is 0.500. The van der Waals surface area contributed by atoms with Gasteiger partial charge in [-0.05, 0) is 43.6 Å². The molecule has 2 unspecified atom stereocenters. The van der Waals surface area contributed by atoms with Crippen LogP contribution >= 0.6 is 0 Å². The van der Waals surface area contributed by atoms with Gasteiger partial charge in [-0.3, -0.25) is 9.59 Å². The van der Waals surface area contributed by atoms with Crippen molar-refractivity contribution in [1.82, 2.24) is 0 Å². The third-order valence-corrected chi connectivity index (χ3v) is 5.22. The molecule has 0 aromatic heterocycles. The van der Waals surface area contributed by atoms with Crippen LogP contribution in [0.15, 0.2) is 48.1 Å². The molecule has 3 nitrogen and oxygen atoms in total. The van der Waals surface area contributed by atoms with Crippen LogP contribution in [0.3, 0.4) is 0 Å². The Kier molecular flexibility index (Phi) is 7.30. The highest BCUT2D eigenvalue weighted by molar-refractivity contribution is 6.39. The van der Waals surface area contributed by atoms with Crippen molar-refractivity contribution in [1.29, 1.82) is 0 Å². The molecule has 0 amide bonds. The van der Waals surface area contributed by atoms with Crippen LogP contribution in [-0.4, -0.2) is 17.9 Å². The zero-order chi connectivity index (χ0) is 18.2. The first-order valence-electron chi connectivity index (χ1n) is 9.27. The van der Waals surface area contributed by atoms with E-state index in [4.69, 9.17) is 0 Å². The molecule has 1 fully saturated rings. The maximum absolute atomic E-state index is 12.6. The van der Waals surface area contributed by atoms with Crippen molar-refractivity contribution in [2.24, 2.45) is 17.8 Å².